The summed E-state index contributed by atoms with van der Waals surface area (Å²) in [6.07, 6.45) is 2.18. The van der Waals surface area contributed by atoms with Crippen molar-refractivity contribution in [2.45, 2.75) is 38.8 Å². The molecule has 0 radical (unpaired) electrons. The van der Waals surface area contributed by atoms with Gasteiger partial charge in [-0.25, -0.2) is 0 Å². The molecule has 2 rings (SSSR count). The van der Waals surface area contributed by atoms with Crippen molar-refractivity contribution < 1.29 is 14.6 Å². The van der Waals surface area contributed by atoms with Gasteiger partial charge in [0.15, 0.2) is 0 Å². The Morgan fingerprint density at radius 2 is 1.89 bits per heavy atom. The smallest absolute Gasteiger partial charge is 0.325 e. The van der Waals surface area contributed by atoms with E-state index in [2.05, 4.69) is 0 Å². The van der Waals surface area contributed by atoms with E-state index >= 15 is 0 Å². The summed E-state index contributed by atoms with van der Waals surface area (Å²) < 4.78 is 5.33. The number of ether oxygens (including phenoxy) is 1. The van der Waals surface area contributed by atoms with Gasteiger partial charge in [0.2, 0.25) is 0 Å². The number of likely N-dealkylation sites (N-methyl/N-ethyl adjacent to an activating group) is 1. The van der Waals surface area contributed by atoms with E-state index in [1.54, 1.807) is 7.11 Å². The van der Waals surface area contributed by atoms with Crippen LogP contribution in [0, 0.1) is 13.8 Å². The molecule has 1 N–H and O–H groups in total. The quantitative estimate of drug-likeness (QED) is 0.887. The van der Waals surface area contributed by atoms with Crippen LogP contribution in [0.4, 0.5) is 0 Å². The molecule has 1 aromatic rings. The maximum absolute atomic E-state index is 11.6. The van der Waals surface area contributed by atoms with Crippen LogP contribution < -0.4 is 4.74 Å². The molecule has 0 bridgehead atoms. The zero-order chi connectivity index (χ0) is 14.2. The van der Waals surface area contributed by atoms with Crippen LogP contribution >= 0.6 is 0 Å². The van der Waals surface area contributed by atoms with Crippen molar-refractivity contribution in [1.29, 1.82) is 0 Å². The first-order chi connectivity index (χ1) is 8.95. The Morgan fingerprint density at radius 1 is 1.37 bits per heavy atom. The summed E-state index contributed by atoms with van der Waals surface area (Å²) in [4.78, 5) is 13.5. The molecule has 0 saturated heterocycles. The van der Waals surface area contributed by atoms with E-state index in [0.29, 0.717) is 6.04 Å². The van der Waals surface area contributed by atoms with Gasteiger partial charge < -0.3 is 9.84 Å². The highest BCUT2D eigenvalue weighted by atomic mass is 16.5. The number of carboxylic acid groups (broad SMARTS) is 1. The van der Waals surface area contributed by atoms with Gasteiger partial charge in [-0.1, -0.05) is 12.1 Å². The largest absolute Gasteiger partial charge is 0.496 e. The first-order valence-corrected chi connectivity index (χ1v) is 6.55. The topological polar surface area (TPSA) is 49.8 Å². The van der Waals surface area contributed by atoms with Gasteiger partial charge in [0.05, 0.1) is 7.11 Å². The SMILES string of the molecule is COc1c(C)cc(C(C(=O)O)N(C)C2CC2)cc1C. The Kier molecular flexibility index (Phi) is 3.80. The second-order valence-electron chi connectivity index (χ2n) is 5.33. The van der Waals surface area contributed by atoms with Gasteiger partial charge in [0.25, 0.3) is 0 Å². The summed E-state index contributed by atoms with van der Waals surface area (Å²) in [5, 5.41) is 9.51. The maximum Gasteiger partial charge on any atom is 0.325 e. The first kappa shape index (κ1) is 13.9. The lowest BCUT2D eigenvalue weighted by Crippen LogP contribution is -2.32. The molecule has 0 amide bonds. The van der Waals surface area contributed by atoms with Crippen LogP contribution in [0.3, 0.4) is 0 Å². The minimum Gasteiger partial charge on any atom is -0.496 e. The van der Waals surface area contributed by atoms with Gasteiger partial charge in [-0.3, -0.25) is 9.69 Å². The van der Waals surface area contributed by atoms with Gasteiger partial charge in [0, 0.05) is 6.04 Å². The zero-order valence-electron chi connectivity index (χ0n) is 11.9. The Morgan fingerprint density at radius 3 is 2.26 bits per heavy atom. The molecule has 0 heterocycles. The highest BCUT2D eigenvalue weighted by Gasteiger charge is 2.35. The maximum atomic E-state index is 11.6. The fourth-order valence-corrected chi connectivity index (χ4v) is 2.71. The van der Waals surface area contributed by atoms with Gasteiger partial charge in [-0.15, -0.1) is 0 Å². The molecule has 1 saturated carbocycles. The van der Waals surface area contributed by atoms with Gasteiger partial charge in [-0.2, -0.15) is 0 Å². The molecule has 4 nitrogen and oxygen atoms in total. The number of hydrogen-bond acceptors (Lipinski definition) is 3. The fraction of sp³-hybridized carbons (Fsp3) is 0.533. The summed E-state index contributed by atoms with van der Waals surface area (Å²) in [5.74, 6) is 0.0420. The molecule has 0 aliphatic heterocycles. The normalized spacial score (nSPS) is 16.5. The van der Waals surface area contributed by atoms with Gasteiger partial charge in [-0.05, 0) is 50.4 Å². The van der Waals surface area contributed by atoms with Crippen LogP contribution in [0.25, 0.3) is 0 Å². The summed E-state index contributed by atoms with van der Waals surface area (Å²) in [7, 11) is 3.53. The predicted molar refractivity (Wildman–Crippen MR) is 73.6 cm³/mol. The van der Waals surface area contributed by atoms with Crippen molar-refractivity contribution in [1.82, 2.24) is 4.90 Å². The Balaban J connectivity index is 2.39. The number of carbonyl (C=O) groups is 1. The Labute approximate surface area is 114 Å². The van der Waals surface area contributed by atoms with Crippen molar-refractivity contribution in [3.63, 3.8) is 0 Å². The molecule has 0 aromatic heterocycles. The molecule has 0 spiro atoms. The minimum absolute atomic E-state index is 0.406. The van der Waals surface area contributed by atoms with Crippen molar-refractivity contribution in [2.24, 2.45) is 0 Å². The molecule has 1 aliphatic carbocycles. The van der Waals surface area contributed by atoms with Crippen molar-refractivity contribution in [2.75, 3.05) is 14.2 Å². The first-order valence-electron chi connectivity index (χ1n) is 6.55. The van der Waals surface area contributed by atoms with E-state index in [9.17, 15) is 9.90 Å². The van der Waals surface area contributed by atoms with Crippen molar-refractivity contribution >= 4 is 5.97 Å². The number of aliphatic carboxylic acids is 1. The van der Waals surface area contributed by atoms with Crippen LogP contribution in [0.2, 0.25) is 0 Å². The van der Waals surface area contributed by atoms with E-state index in [4.69, 9.17) is 4.74 Å². The highest BCUT2D eigenvalue weighted by Crippen LogP contribution is 2.35. The third-order valence-corrected chi connectivity index (χ3v) is 3.77. The fourth-order valence-electron chi connectivity index (χ4n) is 2.71. The molecule has 1 aliphatic rings. The summed E-state index contributed by atoms with van der Waals surface area (Å²) >= 11 is 0. The average molecular weight is 263 g/mol. The summed E-state index contributed by atoms with van der Waals surface area (Å²) in [6, 6.07) is 3.67. The Hall–Kier alpha value is -1.55. The predicted octanol–water partition coefficient (Wildman–Crippen LogP) is 2.53. The van der Waals surface area contributed by atoms with Gasteiger partial charge in [0.1, 0.15) is 11.8 Å². The second kappa shape index (κ2) is 5.21. The third-order valence-electron chi connectivity index (χ3n) is 3.77. The van der Waals surface area contributed by atoms with E-state index in [0.717, 1.165) is 35.3 Å². The van der Waals surface area contributed by atoms with Gasteiger partial charge >= 0.3 is 5.97 Å². The average Bonchev–Trinajstić information content (AvgIpc) is 3.11. The van der Waals surface area contributed by atoms with Crippen LogP contribution in [0.15, 0.2) is 12.1 Å². The number of carboxylic acids is 1. The molecule has 1 atom stereocenters. The van der Waals surface area contributed by atoms with E-state index in [1.807, 2.05) is 37.9 Å². The molecule has 19 heavy (non-hydrogen) atoms. The van der Waals surface area contributed by atoms with Crippen LogP contribution in [-0.2, 0) is 4.79 Å². The molecular formula is C15H21NO3. The monoisotopic (exact) mass is 263 g/mol. The lowest BCUT2D eigenvalue weighted by Gasteiger charge is -2.25. The molecule has 4 heteroatoms. The second-order valence-corrected chi connectivity index (χ2v) is 5.33. The molecule has 1 aromatic carbocycles. The van der Waals surface area contributed by atoms with Crippen LogP contribution in [-0.4, -0.2) is 36.2 Å². The number of aryl methyl sites for hydroxylation is 2. The number of hydrogen-bond donors (Lipinski definition) is 1. The van der Waals surface area contributed by atoms with E-state index in [1.165, 1.54) is 0 Å². The number of methoxy groups -OCH3 is 1. The Bertz CT molecular complexity index is 471. The molecule has 104 valence electrons. The van der Waals surface area contributed by atoms with E-state index < -0.39 is 12.0 Å². The van der Waals surface area contributed by atoms with Crippen LogP contribution in [0.1, 0.15) is 35.6 Å². The molecular weight excluding hydrogens is 242 g/mol. The number of rotatable bonds is 5. The lowest BCUT2D eigenvalue weighted by molar-refractivity contribution is -0.143. The third kappa shape index (κ3) is 2.73. The van der Waals surface area contributed by atoms with Crippen molar-refractivity contribution in [3.05, 3.63) is 28.8 Å². The lowest BCUT2D eigenvalue weighted by atomic mass is 9.99. The number of nitrogens with zero attached hydrogens (tertiary/aromatic N) is 1. The standard InChI is InChI=1S/C15H21NO3/c1-9-7-11(8-10(2)14(9)19-4)13(15(17)18)16(3)12-5-6-12/h7-8,12-13H,5-6H2,1-4H3,(H,17,18). The number of benzene rings is 1. The highest BCUT2D eigenvalue weighted by molar-refractivity contribution is 5.76. The molecule has 1 fully saturated rings. The summed E-state index contributed by atoms with van der Waals surface area (Å²) in [5.41, 5.74) is 2.79. The summed E-state index contributed by atoms with van der Waals surface area (Å²) in [6.45, 7) is 3.90. The molecule has 1 unspecified atom stereocenters. The van der Waals surface area contributed by atoms with Crippen LogP contribution in [0.5, 0.6) is 5.75 Å². The zero-order valence-corrected chi connectivity index (χ0v) is 11.9. The minimum atomic E-state index is -0.793. The van der Waals surface area contributed by atoms with Crippen molar-refractivity contribution in [3.8, 4) is 5.75 Å². The van der Waals surface area contributed by atoms with E-state index in [-0.39, 0.29) is 0 Å².